The van der Waals surface area contributed by atoms with E-state index in [-0.39, 0.29) is 0 Å². The Labute approximate surface area is 164 Å². The van der Waals surface area contributed by atoms with Gasteiger partial charge in [-0.15, -0.1) is 0 Å². The second kappa shape index (κ2) is 7.02. The number of halogens is 1. The molecule has 2 aromatic heterocycles. The van der Waals surface area contributed by atoms with E-state index in [9.17, 15) is 0 Å². The fourth-order valence-electron chi connectivity index (χ4n) is 3.54. The maximum absolute atomic E-state index is 6.28. The fourth-order valence-corrected chi connectivity index (χ4v) is 3.71. The van der Waals surface area contributed by atoms with Gasteiger partial charge in [0.05, 0.1) is 12.1 Å². The Balaban J connectivity index is 1.87. The summed E-state index contributed by atoms with van der Waals surface area (Å²) in [4.78, 5) is 7.10. The summed E-state index contributed by atoms with van der Waals surface area (Å²) in [5.41, 5.74) is 2.03. The molecule has 0 fully saturated rings. The maximum Gasteiger partial charge on any atom is 0.223 e. The predicted octanol–water partition coefficient (Wildman–Crippen LogP) is 5.25. The van der Waals surface area contributed by atoms with Crippen molar-refractivity contribution in [3.63, 3.8) is 0 Å². The zero-order valence-electron chi connectivity index (χ0n) is 16.2. The van der Waals surface area contributed by atoms with Crippen LogP contribution in [-0.4, -0.2) is 41.2 Å². The average Bonchev–Trinajstić information content (AvgIpc) is 2.93. The highest BCUT2D eigenvalue weighted by Gasteiger charge is 2.17. The van der Waals surface area contributed by atoms with Crippen LogP contribution in [0.2, 0.25) is 5.02 Å². The lowest BCUT2D eigenvalue weighted by Gasteiger charge is -2.19. The molecule has 0 saturated carbocycles. The Hall–Kier alpha value is -2.30. The molecule has 2 aromatic carbocycles. The van der Waals surface area contributed by atoms with Gasteiger partial charge in [-0.05, 0) is 57.1 Å². The van der Waals surface area contributed by atoms with E-state index in [4.69, 9.17) is 21.3 Å². The van der Waals surface area contributed by atoms with Gasteiger partial charge in [0.25, 0.3) is 0 Å². The van der Waals surface area contributed by atoms with Gasteiger partial charge in [-0.1, -0.05) is 29.8 Å². The van der Waals surface area contributed by atoms with Crippen LogP contribution in [0.25, 0.3) is 32.7 Å². The Morgan fingerprint density at radius 3 is 2.59 bits per heavy atom. The normalized spacial score (nSPS) is 13.1. The van der Waals surface area contributed by atoms with Crippen molar-refractivity contribution >= 4 is 44.3 Å². The molecule has 4 nitrogen and oxygen atoms in total. The van der Waals surface area contributed by atoms with Crippen LogP contribution in [0.3, 0.4) is 0 Å². The minimum absolute atomic E-state index is 0.458. The van der Waals surface area contributed by atoms with Gasteiger partial charge in [0, 0.05) is 34.3 Å². The van der Waals surface area contributed by atoms with E-state index >= 15 is 0 Å². The van der Waals surface area contributed by atoms with Crippen LogP contribution in [0.4, 0.5) is 0 Å². The van der Waals surface area contributed by atoms with Gasteiger partial charge in [-0.3, -0.25) is 0 Å². The molecule has 0 aliphatic carbocycles. The van der Waals surface area contributed by atoms with Crippen molar-refractivity contribution in [2.75, 3.05) is 20.7 Å². The monoisotopic (exact) mass is 381 g/mol. The summed E-state index contributed by atoms with van der Waals surface area (Å²) in [5, 5.41) is 5.16. The van der Waals surface area contributed by atoms with E-state index in [1.54, 1.807) is 0 Å². The number of hydrogen-bond acceptors (Lipinski definition) is 3. The molecule has 0 radical (unpaired) electrons. The van der Waals surface area contributed by atoms with Gasteiger partial charge in [0.1, 0.15) is 5.65 Å². The number of aryl methyl sites for hydroxylation is 1. The highest BCUT2D eigenvalue weighted by molar-refractivity contribution is 6.32. The largest absolute Gasteiger partial charge is 0.477 e. The molecular formula is C22H24ClN3O. The minimum atomic E-state index is 0.458. The van der Waals surface area contributed by atoms with Crippen molar-refractivity contribution in [3.8, 4) is 5.88 Å². The molecule has 0 amide bonds. The summed E-state index contributed by atoms with van der Waals surface area (Å²) in [5.74, 6) is 0.695. The lowest BCUT2D eigenvalue weighted by molar-refractivity contribution is 0.231. The summed E-state index contributed by atoms with van der Waals surface area (Å²) in [6.45, 7) is 2.84. The molecule has 1 atom stereocenters. The van der Waals surface area contributed by atoms with Crippen LogP contribution in [0.5, 0.6) is 5.88 Å². The number of fused-ring (bicyclic) bond motifs is 5. The number of benzene rings is 2. The topological polar surface area (TPSA) is 30.3 Å². The van der Waals surface area contributed by atoms with Crippen LogP contribution >= 0.6 is 11.6 Å². The lowest BCUT2D eigenvalue weighted by atomic mass is 10.1. The summed E-state index contributed by atoms with van der Waals surface area (Å²) in [6, 6.07) is 14.8. The number of nitrogens with zero attached hydrogens (tertiary/aromatic N) is 3. The standard InChI is InChI=1S/C22H24ClN3O/c1-14(25(2)3)11-12-27-22-17-8-6-5-7-16(17)20-18-13-15(23)9-10-19(18)26(4)21(20)24-22/h5-10,13-14H,11-12H2,1-4H3. The number of rotatable bonds is 5. The van der Waals surface area contributed by atoms with Crippen LogP contribution < -0.4 is 4.74 Å². The third-order valence-electron chi connectivity index (χ3n) is 5.42. The molecule has 1 unspecified atom stereocenters. The predicted molar refractivity (Wildman–Crippen MR) is 114 cm³/mol. The van der Waals surface area contributed by atoms with Crippen LogP contribution in [0, 0.1) is 0 Å². The van der Waals surface area contributed by atoms with E-state index in [0.29, 0.717) is 18.5 Å². The fraction of sp³-hybridized carbons (Fsp3) is 0.318. The van der Waals surface area contributed by atoms with Gasteiger partial charge in [-0.25, -0.2) is 0 Å². The molecule has 0 aliphatic rings. The molecule has 4 aromatic rings. The Morgan fingerprint density at radius 2 is 1.85 bits per heavy atom. The van der Waals surface area contributed by atoms with Gasteiger partial charge >= 0.3 is 0 Å². The number of pyridine rings is 1. The maximum atomic E-state index is 6.28. The molecule has 0 bridgehead atoms. The van der Waals surface area contributed by atoms with Crippen molar-refractivity contribution in [2.45, 2.75) is 19.4 Å². The second-order valence-corrected chi connectivity index (χ2v) is 7.77. The van der Waals surface area contributed by atoms with E-state index in [1.165, 1.54) is 0 Å². The first-order valence-corrected chi connectivity index (χ1v) is 9.60. The Bertz CT molecular complexity index is 1130. The smallest absolute Gasteiger partial charge is 0.223 e. The first kappa shape index (κ1) is 18.1. The van der Waals surface area contributed by atoms with E-state index < -0.39 is 0 Å². The third-order valence-corrected chi connectivity index (χ3v) is 5.66. The molecule has 0 saturated heterocycles. The van der Waals surface area contributed by atoms with E-state index in [0.717, 1.165) is 44.2 Å². The van der Waals surface area contributed by atoms with Crippen molar-refractivity contribution in [1.29, 1.82) is 0 Å². The van der Waals surface area contributed by atoms with Gasteiger partial charge in [-0.2, -0.15) is 4.98 Å². The Morgan fingerprint density at radius 1 is 1.11 bits per heavy atom. The number of ether oxygens (including phenoxy) is 1. The Kier molecular flexibility index (Phi) is 4.70. The molecule has 4 rings (SSSR count). The third kappa shape index (κ3) is 3.13. The van der Waals surface area contributed by atoms with Gasteiger partial charge < -0.3 is 14.2 Å². The first-order valence-electron chi connectivity index (χ1n) is 9.23. The average molecular weight is 382 g/mol. The highest BCUT2D eigenvalue weighted by atomic mass is 35.5. The second-order valence-electron chi connectivity index (χ2n) is 7.33. The molecule has 5 heteroatoms. The molecule has 27 heavy (non-hydrogen) atoms. The first-order chi connectivity index (χ1) is 13.0. The van der Waals surface area contributed by atoms with Crippen LogP contribution in [0.15, 0.2) is 42.5 Å². The van der Waals surface area contributed by atoms with E-state index in [1.807, 2.05) is 31.3 Å². The van der Waals surface area contributed by atoms with E-state index in [2.05, 4.69) is 48.7 Å². The van der Waals surface area contributed by atoms with Crippen molar-refractivity contribution in [1.82, 2.24) is 14.5 Å². The summed E-state index contributed by atoms with van der Waals surface area (Å²) in [6.07, 6.45) is 0.950. The molecular weight excluding hydrogens is 358 g/mol. The van der Waals surface area contributed by atoms with Crippen molar-refractivity contribution < 1.29 is 4.74 Å². The molecule has 2 heterocycles. The van der Waals surface area contributed by atoms with Crippen LogP contribution in [0.1, 0.15) is 13.3 Å². The highest BCUT2D eigenvalue weighted by Crippen LogP contribution is 2.37. The van der Waals surface area contributed by atoms with Crippen molar-refractivity contribution in [2.24, 2.45) is 7.05 Å². The van der Waals surface area contributed by atoms with Gasteiger partial charge in [0.2, 0.25) is 5.88 Å². The molecule has 0 N–H and O–H groups in total. The summed E-state index contributed by atoms with van der Waals surface area (Å²) < 4.78 is 8.26. The zero-order valence-corrected chi connectivity index (χ0v) is 16.9. The van der Waals surface area contributed by atoms with Crippen LogP contribution in [-0.2, 0) is 7.05 Å². The zero-order chi connectivity index (χ0) is 19.1. The summed E-state index contributed by atoms with van der Waals surface area (Å²) in [7, 11) is 6.22. The number of aromatic nitrogens is 2. The lowest BCUT2D eigenvalue weighted by Crippen LogP contribution is -2.26. The number of hydrogen-bond donors (Lipinski definition) is 0. The SMILES string of the molecule is CC(CCOc1nc2c(c3ccccc13)c1cc(Cl)ccc1n2C)N(C)C. The molecule has 0 aliphatic heterocycles. The summed E-state index contributed by atoms with van der Waals surface area (Å²) >= 11 is 6.28. The molecule has 140 valence electrons. The quantitative estimate of drug-likeness (QED) is 0.472. The van der Waals surface area contributed by atoms with Gasteiger partial charge in [0.15, 0.2) is 0 Å². The van der Waals surface area contributed by atoms with Crippen molar-refractivity contribution in [3.05, 3.63) is 47.5 Å². The molecule has 0 spiro atoms. The minimum Gasteiger partial charge on any atom is -0.477 e.